The Morgan fingerprint density at radius 3 is 2.87 bits per heavy atom. The van der Waals surface area contributed by atoms with Crippen LogP contribution in [0, 0.1) is 5.92 Å². The topological polar surface area (TPSA) is 49.4 Å². The zero-order chi connectivity index (χ0) is 16.2. The highest BCUT2D eigenvalue weighted by atomic mass is 32.2. The van der Waals surface area contributed by atoms with E-state index in [-0.39, 0.29) is 17.7 Å². The second-order valence-electron chi connectivity index (χ2n) is 5.99. The van der Waals surface area contributed by atoms with Gasteiger partial charge in [0.25, 0.3) is 0 Å². The van der Waals surface area contributed by atoms with Crippen LogP contribution in [0.25, 0.3) is 0 Å². The number of fused-ring (bicyclic) bond motifs is 1. The molecular formula is C17H22N2O2S2. The highest BCUT2D eigenvalue weighted by molar-refractivity contribution is 7.98. The zero-order valence-corrected chi connectivity index (χ0v) is 14.8. The largest absolute Gasteiger partial charge is 0.351 e. The van der Waals surface area contributed by atoms with Crippen molar-refractivity contribution in [1.82, 2.24) is 10.2 Å². The number of hydrogen-bond donors (Lipinski definition) is 1. The van der Waals surface area contributed by atoms with Crippen LogP contribution >= 0.6 is 23.1 Å². The summed E-state index contributed by atoms with van der Waals surface area (Å²) >= 11 is 3.82. The Morgan fingerprint density at radius 2 is 2.17 bits per heavy atom. The minimum Gasteiger partial charge on any atom is -0.351 e. The smallest absolute Gasteiger partial charge is 0.245 e. The average molecular weight is 351 g/mol. The normalized spacial score (nSPS) is 18.3. The molecule has 1 aromatic rings. The molecule has 0 aromatic carbocycles. The molecule has 1 fully saturated rings. The lowest BCUT2D eigenvalue weighted by Crippen LogP contribution is -2.42. The molecule has 6 heteroatoms. The maximum absolute atomic E-state index is 12.3. The Kier molecular flexibility index (Phi) is 5.43. The fourth-order valence-corrected chi connectivity index (χ4v) is 5.42. The van der Waals surface area contributed by atoms with E-state index in [1.54, 1.807) is 4.90 Å². The van der Waals surface area contributed by atoms with Gasteiger partial charge in [-0.15, -0.1) is 11.3 Å². The van der Waals surface area contributed by atoms with Gasteiger partial charge in [0.15, 0.2) is 0 Å². The monoisotopic (exact) mass is 350 g/mol. The fraction of sp³-hybridized carbons (Fsp3) is 0.529. The summed E-state index contributed by atoms with van der Waals surface area (Å²) in [7, 11) is 0. The van der Waals surface area contributed by atoms with Crippen molar-refractivity contribution < 1.29 is 9.59 Å². The van der Waals surface area contributed by atoms with Gasteiger partial charge in [0, 0.05) is 34.5 Å². The summed E-state index contributed by atoms with van der Waals surface area (Å²) in [6.07, 6.45) is 3.98. The minimum absolute atomic E-state index is 0.0222. The lowest BCUT2D eigenvalue weighted by atomic mass is 9.96. The molecule has 1 aromatic heterocycles. The second kappa shape index (κ2) is 7.53. The summed E-state index contributed by atoms with van der Waals surface area (Å²) in [5, 5.41) is 3.08. The molecule has 3 rings (SSSR count). The first kappa shape index (κ1) is 16.6. The van der Waals surface area contributed by atoms with Gasteiger partial charge < -0.3 is 10.2 Å². The van der Waals surface area contributed by atoms with Crippen molar-refractivity contribution in [3.05, 3.63) is 34.0 Å². The standard InChI is InChI=1S/C17H22N2O2S2/c1-2-16(20)19-6-3-12(4-7-19)17(21)18-10-14-9-13-11-22-8-5-15(13)23-14/h2,9,12H,1,3-8,10-11H2,(H,18,21). The van der Waals surface area contributed by atoms with Gasteiger partial charge in [0.2, 0.25) is 11.8 Å². The van der Waals surface area contributed by atoms with Crippen LogP contribution in [0.2, 0.25) is 0 Å². The number of carbonyl (C=O) groups excluding carboxylic acids is 2. The van der Waals surface area contributed by atoms with Crippen LogP contribution in [0.5, 0.6) is 0 Å². The van der Waals surface area contributed by atoms with E-state index in [1.165, 1.54) is 27.1 Å². The van der Waals surface area contributed by atoms with E-state index in [9.17, 15) is 9.59 Å². The number of piperidine rings is 1. The van der Waals surface area contributed by atoms with Gasteiger partial charge in [0.1, 0.15) is 0 Å². The van der Waals surface area contributed by atoms with Gasteiger partial charge in [-0.1, -0.05) is 6.58 Å². The molecule has 0 aliphatic carbocycles. The summed E-state index contributed by atoms with van der Waals surface area (Å²) in [5.41, 5.74) is 1.45. The van der Waals surface area contributed by atoms with E-state index < -0.39 is 0 Å². The Hall–Kier alpha value is -1.27. The first-order chi connectivity index (χ1) is 11.2. The Labute approximate surface area is 145 Å². The van der Waals surface area contributed by atoms with E-state index in [1.807, 2.05) is 23.1 Å². The second-order valence-corrected chi connectivity index (χ2v) is 8.31. The van der Waals surface area contributed by atoms with Gasteiger partial charge in [0.05, 0.1) is 6.54 Å². The van der Waals surface area contributed by atoms with E-state index in [0.29, 0.717) is 19.6 Å². The summed E-state index contributed by atoms with van der Waals surface area (Å²) in [6, 6.07) is 2.25. The van der Waals surface area contributed by atoms with E-state index in [2.05, 4.69) is 18.0 Å². The van der Waals surface area contributed by atoms with Gasteiger partial charge in [-0.3, -0.25) is 9.59 Å². The quantitative estimate of drug-likeness (QED) is 0.849. The molecule has 2 aliphatic heterocycles. The predicted octanol–water partition coefficient (Wildman–Crippen LogP) is 2.58. The molecule has 0 unspecified atom stereocenters. The highest BCUT2D eigenvalue weighted by Gasteiger charge is 2.26. The molecule has 2 aliphatic rings. The van der Waals surface area contributed by atoms with Crippen LogP contribution in [-0.2, 0) is 28.3 Å². The number of thiophene rings is 1. The third-order valence-electron chi connectivity index (χ3n) is 4.47. The van der Waals surface area contributed by atoms with Crippen molar-refractivity contribution in [2.24, 2.45) is 5.92 Å². The number of hydrogen-bond acceptors (Lipinski definition) is 4. The fourth-order valence-electron chi connectivity index (χ4n) is 3.11. The zero-order valence-electron chi connectivity index (χ0n) is 13.2. The molecule has 1 N–H and O–H groups in total. The maximum Gasteiger partial charge on any atom is 0.245 e. The number of likely N-dealkylation sites (tertiary alicyclic amines) is 1. The number of thioether (sulfide) groups is 1. The number of aryl methyl sites for hydroxylation is 1. The molecule has 124 valence electrons. The summed E-state index contributed by atoms with van der Waals surface area (Å²) in [5.74, 6) is 2.42. The van der Waals surface area contributed by atoms with Crippen LogP contribution in [0.15, 0.2) is 18.7 Å². The molecule has 1 saturated heterocycles. The van der Waals surface area contributed by atoms with Crippen LogP contribution in [0.4, 0.5) is 0 Å². The van der Waals surface area contributed by atoms with Crippen LogP contribution in [0.1, 0.15) is 28.2 Å². The van der Waals surface area contributed by atoms with Crippen molar-refractivity contribution in [2.75, 3.05) is 18.8 Å². The summed E-state index contributed by atoms with van der Waals surface area (Å²) < 4.78 is 0. The lowest BCUT2D eigenvalue weighted by Gasteiger charge is -2.30. The van der Waals surface area contributed by atoms with Crippen LogP contribution in [0.3, 0.4) is 0 Å². The maximum atomic E-state index is 12.3. The molecule has 0 atom stereocenters. The van der Waals surface area contributed by atoms with Crippen LogP contribution in [-0.4, -0.2) is 35.6 Å². The SMILES string of the molecule is C=CC(=O)N1CCC(C(=O)NCc2cc3c(s2)CCSC3)CC1. The Balaban J connectivity index is 1.47. The van der Waals surface area contributed by atoms with Gasteiger partial charge in [-0.05, 0) is 42.7 Å². The molecule has 0 radical (unpaired) electrons. The number of carbonyl (C=O) groups is 2. The predicted molar refractivity (Wildman–Crippen MR) is 95.5 cm³/mol. The van der Waals surface area contributed by atoms with Gasteiger partial charge in [-0.25, -0.2) is 0 Å². The highest BCUT2D eigenvalue weighted by Crippen LogP contribution is 2.31. The Morgan fingerprint density at radius 1 is 1.39 bits per heavy atom. The average Bonchev–Trinajstić information content (AvgIpc) is 3.02. The molecular weight excluding hydrogens is 328 g/mol. The third-order valence-corrected chi connectivity index (χ3v) is 6.71. The number of rotatable bonds is 4. The Bertz CT molecular complexity index is 580. The number of amides is 2. The van der Waals surface area contributed by atoms with E-state index in [4.69, 9.17) is 0 Å². The van der Waals surface area contributed by atoms with Crippen molar-refractivity contribution in [1.29, 1.82) is 0 Å². The number of nitrogens with one attached hydrogen (secondary N) is 1. The number of nitrogens with zero attached hydrogens (tertiary/aromatic N) is 1. The van der Waals surface area contributed by atoms with Crippen molar-refractivity contribution in [2.45, 2.75) is 31.6 Å². The lowest BCUT2D eigenvalue weighted by molar-refractivity contribution is -0.132. The molecule has 0 saturated carbocycles. The molecule has 0 bridgehead atoms. The third kappa shape index (κ3) is 3.98. The van der Waals surface area contributed by atoms with Crippen molar-refractivity contribution >= 4 is 34.9 Å². The molecule has 0 spiro atoms. The van der Waals surface area contributed by atoms with Crippen molar-refractivity contribution in [3.63, 3.8) is 0 Å². The minimum atomic E-state index is -0.0362. The van der Waals surface area contributed by atoms with E-state index in [0.717, 1.165) is 25.0 Å². The summed E-state index contributed by atoms with van der Waals surface area (Å²) in [6.45, 7) is 5.43. The van der Waals surface area contributed by atoms with Gasteiger partial charge >= 0.3 is 0 Å². The first-order valence-electron chi connectivity index (χ1n) is 8.04. The summed E-state index contributed by atoms with van der Waals surface area (Å²) in [4.78, 5) is 28.4. The molecule has 3 heterocycles. The molecule has 2 amide bonds. The van der Waals surface area contributed by atoms with Crippen LogP contribution < -0.4 is 5.32 Å². The van der Waals surface area contributed by atoms with E-state index >= 15 is 0 Å². The first-order valence-corrected chi connectivity index (χ1v) is 10.0. The van der Waals surface area contributed by atoms with Crippen molar-refractivity contribution in [3.8, 4) is 0 Å². The molecule has 4 nitrogen and oxygen atoms in total. The molecule has 23 heavy (non-hydrogen) atoms. The van der Waals surface area contributed by atoms with Gasteiger partial charge in [-0.2, -0.15) is 11.8 Å².